The molecule has 1 fully saturated rings. The quantitative estimate of drug-likeness (QED) is 0.909. The number of carbonyl (C=O) groups excluding carboxylic acids is 2. The van der Waals surface area contributed by atoms with Crippen LogP contribution in [0.4, 0.5) is 5.69 Å². The molecule has 0 unspecified atom stereocenters. The first-order valence-electron chi connectivity index (χ1n) is 6.39. The molecule has 0 aliphatic carbocycles. The number of piperidine rings is 1. The van der Waals surface area contributed by atoms with Crippen molar-refractivity contribution in [3.8, 4) is 0 Å². The van der Waals surface area contributed by atoms with Crippen LogP contribution in [0.3, 0.4) is 0 Å². The molecule has 1 aromatic carbocycles. The number of amides is 2. The number of carbonyl (C=O) groups is 2. The summed E-state index contributed by atoms with van der Waals surface area (Å²) in [5.74, 6) is 0.113. The van der Waals surface area contributed by atoms with Gasteiger partial charge < -0.3 is 10.2 Å². The summed E-state index contributed by atoms with van der Waals surface area (Å²) in [4.78, 5) is 25.2. The molecule has 0 saturated carbocycles. The van der Waals surface area contributed by atoms with Crippen LogP contribution in [0, 0.1) is 5.92 Å². The summed E-state index contributed by atoms with van der Waals surface area (Å²) in [5, 5.41) is 2.93. The van der Waals surface area contributed by atoms with E-state index in [0.717, 1.165) is 23.0 Å². The average Bonchev–Trinajstić information content (AvgIpc) is 2.41. The molecule has 0 radical (unpaired) electrons. The lowest BCUT2D eigenvalue weighted by molar-refractivity contribution is -0.132. The monoisotopic (exact) mass is 324 g/mol. The van der Waals surface area contributed by atoms with E-state index >= 15 is 0 Å². The average molecular weight is 325 g/mol. The van der Waals surface area contributed by atoms with Gasteiger partial charge in [-0.25, -0.2) is 0 Å². The predicted octanol–water partition coefficient (Wildman–Crippen LogP) is 2.65. The van der Waals surface area contributed by atoms with E-state index in [1.807, 2.05) is 24.3 Å². The summed E-state index contributed by atoms with van der Waals surface area (Å²) in [7, 11) is 0. The maximum atomic E-state index is 12.2. The van der Waals surface area contributed by atoms with Gasteiger partial charge in [0, 0.05) is 30.4 Å². The van der Waals surface area contributed by atoms with Crippen LogP contribution in [0.2, 0.25) is 0 Å². The van der Waals surface area contributed by atoms with Crippen LogP contribution in [-0.2, 0) is 9.59 Å². The zero-order valence-corrected chi connectivity index (χ0v) is 12.4. The molecule has 1 aromatic rings. The number of hydrogen-bond acceptors (Lipinski definition) is 2. The van der Waals surface area contributed by atoms with Crippen LogP contribution >= 0.6 is 15.9 Å². The highest BCUT2D eigenvalue weighted by Gasteiger charge is 2.26. The summed E-state index contributed by atoms with van der Waals surface area (Å²) < 4.78 is 0.879. The predicted molar refractivity (Wildman–Crippen MR) is 77.7 cm³/mol. The highest BCUT2D eigenvalue weighted by atomic mass is 79.9. The topological polar surface area (TPSA) is 49.4 Å². The second kappa shape index (κ2) is 6.19. The van der Waals surface area contributed by atoms with Crippen molar-refractivity contribution in [3.05, 3.63) is 28.7 Å². The van der Waals surface area contributed by atoms with Crippen LogP contribution < -0.4 is 5.32 Å². The van der Waals surface area contributed by atoms with Crippen LogP contribution in [0.25, 0.3) is 0 Å². The minimum Gasteiger partial charge on any atom is -0.343 e. The second-order valence-corrected chi connectivity index (χ2v) is 5.60. The van der Waals surface area contributed by atoms with Crippen molar-refractivity contribution in [1.82, 2.24) is 4.90 Å². The van der Waals surface area contributed by atoms with Gasteiger partial charge in [0.05, 0.1) is 5.69 Å². The molecular formula is C14H17BrN2O2. The number of para-hydroxylation sites is 1. The Kier molecular flexibility index (Phi) is 4.58. The summed E-state index contributed by atoms with van der Waals surface area (Å²) >= 11 is 3.41. The van der Waals surface area contributed by atoms with E-state index in [2.05, 4.69) is 21.2 Å². The molecule has 0 spiro atoms. The van der Waals surface area contributed by atoms with Gasteiger partial charge >= 0.3 is 0 Å². The molecule has 1 heterocycles. The van der Waals surface area contributed by atoms with Gasteiger partial charge in [0.25, 0.3) is 0 Å². The van der Waals surface area contributed by atoms with Gasteiger partial charge in [-0.1, -0.05) is 12.1 Å². The van der Waals surface area contributed by atoms with Crippen molar-refractivity contribution in [3.63, 3.8) is 0 Å². The fraction of sp³-hybridized carbons (Fsp3) is 0.429. The first-order valence-corrected chi connectivity index (χ1v) is 7.18. The van der Waals surface area contributed by atoms with Crippen LogP contribution in [0.5, 0.6) is 0 Å². The lowest BCUT2D eigenvalue weighted by atomic mass is 9.96. The molecular weight excluding hydrogens is 308 g/mol. The molecule has 0 aromatic heterocycles. The largest absolute Gasteiger partial charge is 0.343 e. The van der Waals surface area contributed by atoms with E-state index in [0.29, 0.717) is 13.1 Å². The number of rotatable bonds is 2. The maximum Gasteiger partial charge on any atom is 0.227 e. The molecule has 0 atom stereocenters. The molecule has 19 heavy (non-hydrogen) atoms. The number of anilines is 1. The van der Waals surface area contributed by atoms with Gasteiger partial charge in [-0.3, -0.25) is 9.59 Å². The Hall–Kier alpha value is -1.36. The Bertz CT molecular complexity index is 482. The van der Waals surface area contributed by atoms with Gasteiger partial charge in [-0.15, -0.1) is 0 Å². The lowest BCUT2D eigenvalue weighted by Crippen LogP contribution is -2.40. The van der Waals surface area contributed by atoms with Gasteiger partial charge in [-0.05, 0) is 40.9 Å². The van der Waals surface area contributed by atoms with Crippen molar-refractivity contribution < 1.29 is 9.59 Å². The zero-order chi connectivity index (χ0) is 13.8. The SMILES string of the molecule is CC(=O)N1CCC(C(=O)Nc2ccccc2Br)CC1. The Morgan fingerprint density at radius 2 is 1.89 bits per heavy atom. The molecule has 5 heteroatoms. The normalized spacial score (nSPS) is 16.2. The first-order chi connectivity index (χ1) is 9.08. The molecule has 1 aliphatic heterocycles. The van der Waals surface area contributed by atoms with Gasteiger partial charge in [0.15, 0.2) is 0 Å². The van der Waals surface area contributed by atoms with E-state index < -0.39 is 0 Å². The van der Waals surface area contributed by atoms with Gasteiger partial charge in [0.1, 0.15) is 0 Å². The summed E-state index contributed by atoms with van der Waals surface area (Å²) in [6, 6.07) is 7.56. The number of nitrogens with one attached hydrogen (secondary N) is 1. The zero-order valence-electron chi connectivity index (χ0n) is 10.9. The third kappa shape index (κ3) is 3.56. The Morgan fingerprint density at radius 3 is 2.47 bits per heavy atom. The molecule has 1 aliphatic rings. The van der Waals surface area contributed by atoms with E-state index in [1.165, 1.54) is 0 Å². The number of nitrogens with zero attached hydrogens (tertiary/aromatic N) is 1. The number of halogens is 1. The third-order valence-electron chi connectivity index (χ3n) is 3.44. The highest BCUT2D eigenvalue weighted by molar-refractivity contribution is 9.10. The maximum absolute atomic E-state index is 12.2. The number of benzene rings is 1. The molecule has 4 nitrogen and oxygen atoms in total. The molecule has 1 N–H and O–H groups in total. The molecule has 102 valence electrons. The van der Waals surface area contributed by atoms with E-state index in [4.69, 9.17) is 0 Å². The summed E-state index contributed by atoms with van der Waals surface area (Å²) in [6.07, 6.45) is 1.46. The Balaban J connectivity index is 1.92. The number of hydrogen-bond donors (Lipinski definition) is 1. The van der Waals surface area contributed by atoms with Crippen molar-refractivity contribution in [2.75, 3.05) is 18.4 Å². The van der Waals surface area contributed by atoms with Gasteiger partial charge in [0.2, 0.25) is 11.8 Å². The Morgan fingerprint density at radius 1 is 1.26 bits per heavy atom. The fourth-order valence-electron chi connectivity index (χ4n) is 2.25. The third-order valence-corrected chi connectivity index (χ3v) is 4.13. The standard InChI is InChI=1S/C14H17BrN2O2/c1-10(18)17-8-6-11(7-9-17)14(19)16-13-5-3-2-4-12(13)15/h2-5,11H,6-9H2,1H3,(H,16,19). The minimum atomic E-state index is -0.0114. The number of likely N-dealkylation sites (tertiary alicyclic amines) is 1. The Labute approximate surface area is 121 Å². The van der Waals surface area contributed by atoms with E-state index in [1.54, 1.807) is 11.8 Å². The van der Waals surface area contributed by atoms with Crippen molar-refractivity contribution in [2.45, 2.75) is 19.8 Å². The molecule has 0 bridgehead atoms. The summed E-state index contributed by atoms with van der Waals surface area (Å²) in [6.45, 7) is 2.91. The van der Waals surface area contributed by atoms with E-state index in [-0.39, 0.29) is 17.7 Å². The fourth-order valence-corrected chi connectivity index (χ4v) is 2.64. The first kappa shape index (κ1) is 14.1. The lowest BCUT2D eigenvalue weighted by Gasteiger charge is -2.30. The van der Waals surface area contributed by atoms with Crippen LogP contribution in [0.1, 0.15) is 19.8 Å². The van der Waals surface area contributed by atoms with Crippen LogP contribution in [0.15, 0.2) is 28.7 Å². The summed E-state index contributed by atoms with van der Waals surface area (Å²) in [5.41, 5.74) is 0.793. The highest BCUT2D eigenvalue weighted by Crippen LogP contribution is 2.24. The molecule has 2 rings (SSSR count). The van der Waals surface area contributed by atoms with Crippen molar-refractivity contribution in [1.29, 1.82) is 0 Å². The second-order valence-electron chi connectivity index (χ2n) is 4.75. The van der Waals surface area contributed by atoms with Crippen molar-refractivity contribution >= 4 is 33.4 Å². The van der Waals surface area contributed by atoms with E-state index in [9.17, 15) is 9.59 Å². The minimum absolute atomic E-state index is 0.0114. The van der Waals surface area contributed by atoms with Gasteiger partial charge in [-0.2, -0.15) is 0 Å². The molecule has 1 saturated heterocycles. The smallest absolute Gasteiger partial charge is 0.227 e. The van der Waals surface area contributed by atoms with Crippen molar-refractivity contribution in [2.24, 2.45) is 5.92 Å². The molecule has 2 amide bonds. The van der Waals surface area contributed by atoms with Crippen LogP contribution in [-0.4, -0.2) is 29.8 Å².